The van der Waals surface area contributed by atoms with Crippen LogP contribution >= 0.6 is 0 Å². The molecule has 1 N–H and O–H groups in total. The van der Waals surface area contributed by atoms with E-state index in [0.717, 1.165) is 17.2 Å². The average Bonchev–Trinajstić information content (AvgIpc) is 3.88. The number of benzene rings is 4. The Morgan fingerprint density at radius 3 is 2.46 bits per heavy atom. The van der Waals surface area contributed by atoms with Crippen molar-refractivity contribution >= 4 is 53.7 Å². The molecule has 57 heavy (non-hydrogen) atoms. The van der Waals surface area contributed by atoms with Gasteiger partial charge in [-0.25, -0.2) is 0 Å². The fraction of sp³-hybridized carbons (Fsp3) is 0.372. The monoisotopic (exact) mass is 790 g/mol. The molecule has 4 aromatic carbocycles. The van der Waals surface area contributed by atoms with Gasteiger partial charge in [-0.15, -0.1) is 0 Å². The van der Waals surface area contributed by atoms with E-state index < -0.39 is 30.6 Å². The van der Waals surface area contributed by atoms with E-state index in [1.54, 1.807) is 27.9 Å². The Hall–Kier alpha value is -5.57. The zero-order valence-corrected chi connectivity index (χ0v) is 33.4. The number of ether oxygens (including phenoxy) is 3. The van der Waals surface area contributed by atoms with Crippen molar-refractivity contribution in [2.75, 3.05) is 36.7 Å². The second-order valence-electron chi connectivity index (χ2n) is 15.9. The number of aliphatic hydroxyl groups is 1. The summed E-state index contributed by atoms with van der Waals surface area (Å²) in [5.41, 5.74) is 0.936. The summed E-state index contributed by atoms with van der Waals surface area (Å²) in [6.45, 7) is 6.86. The van der Waals surface area contributed by atoms with Crippen LogP contribution in [0.4, 0.5) is 22.7 Å². The first-order valence-corrected chi connectivity index (χ1v) is 22.4. The molecule has 4 heterocycles. The summed E-state index contributed by atoms with van der Waals surface area (Å²) >= 11 is 0. The molecule has 14 heteroatoms. The molecule has 5 atom stereocenters. The van der Waals surface area contributed by atoms with E-state index in [9.17, 15) is 24.8 Å². The molecular weight excluding hydrogens is 745 g/mol. The second-order valence-corrected chi connectivity index (χ2v) is 20.6. The Bertz CT molecular complexity index is 2230. The van der Waals surface area contributed by atoms with E-state index in [-0.39, 0.29) is 61.2 Å². The van der Waals surface area contributed by atoms with Crippen LogP contribution in [0.25, 0.3) is 0 Å². The maximum Gasteiger partial charge on any atom is 0.269 e. The minimum atomic E-state index is -2.62. The number of hydrogen-bond donors (Lipinski definition) is 1. The highest BCUT2D eigenvalue weighted by atomic mass is 28.3. The first kappa shape index (κ1) is 38.3. The zero-order chi connectivity index (χ0) is 40.2. The van der Waals surface area contributed by atoms with Gasteiger partial charge in [-0.1, -0.05) is 61.6 Å². The average molecular weight is 791 g/mol. The van der Waals surface area contributed by atoms with Gasteiger partial charge in [0.05, 0.1) is 63.2 Å². The first-order chi connectivity index (χ1) is 27.4. The molecule has 2 fully saturated rings. The number of aliphatic hydroxyl groups excluding tert-OH is 1. The van der Waals surface area contributed by atoms with Crippen molar-refractivity contribution in [3.8, 4) is 11.5 Å². The van der Waals surface area contributed by atoms with Crippen molar-refractivity contribution in [2.45, 2.75) is 69.1 Å². The molecule has 0 radical (unpaired) electrons. The number of nitro benzene ring substituents is 1. The standard InChI is InChI=1S/C43H46N4O9Si/c1-27-41(57(3,4)33-18-16-32(54-2)17-19-33)38(23-39(49)44-21-7-8-31(44)25-48)56-43(27)34-22-30(47(52)53)15-20-35(34)45(42(43)51)24-28-11-13-29(14-12-28)46-36-9-5-6-10-37(36)55-26-40(46)50/h5-6,9-20,22,27,31,38,41,48H,7-8,21,23-26H2,1-4H3/t27-,31+,38+,41-,43+/m1/s1. The van der Waals surface area contributed by atoms with Crippen LogP contribution in [0.2, 0.25) is 18.6 Å². The van der Waals surface area contributed by atoms with Gasteiger partial charge in [0.1, 0.15) is 11.5 Å². The highest BCUT2D eigenvalue weighted by Crippen LogP contribution is 2.60. The van der Waals surface area contributed by atoms with Gasteiger partial charge < -0.3 is 29.1 Å². The van der Waals surface area contributed by atoms with Crippen LogP contribution < -0.4 is 24.5 Å². The van der Waals surface area contributed by atoms with Crippen LogP contribution in [-0.2, 0) is 31.3 Å². The number of hydrogen-bond acceptors (Lipinski definition) is 9. The van der Waals surface area contributed by atoms with E-state index in [1.165, 1.54) is 12.1 Å². The predicted octanol–water partition coefficient (Wildman–Crippen LogP) is 5.80. The fourth-order valence-corrected chi connectivity index (χ4v) is 13.7. The molecule has 4 aromatic rings. The lowest BCUT2D eigenvalue weighted by Gasteiger charge is -2.37. The van der Waals surface area contributed by atoms with Gasteiger partial charge in [0.15, 0.2) is 12.2 Å². The molecular formula is C43H46N4O9Si. The summed E-state index contributed by atoms with van der Waals surface area (Å²) < 4.78 is 18.2. The molecule has 1 spiro atoms. The van der Waals surface area contributed by atoms with Crippen LogP contribution in [0.1, 0.15) is 37.3 Å². The van der Waals surface area contributed by atoms with Crippen LogP contribution in [0.15, 0.2) is 91.0 Å². The SMILES string of the molecule is COc1ccc([Si](C)(C)[C@H]2[C@H](CC(=O)N3CCC[C@H]3CO)O[C@@]3(C(=O)N(Cc4ccc(N5C(=O)COc6ccccc65)cc4)c4ccc([N+](=O)[O-])cc43)[C@@H]2C)cc1. The van der Waals surface area contributed by atoms with E-state index in [1.807, 2.05) is 79.7 Å². The molecule has 2 saturated heterocycles. The number of methoxy groups -OCH3 is 1. The molecule has 296 valence electrons. The van der Waals surface area contributed by atoms with E-state index >= 15 is 4.79 Å². The number of para-hydroxylation sites is 2. The normalized spacial score (nSPS) is 24.1. The summed E-state index contributed by atoms with van der Waals surface area (Å²) in [4.78, 5) is 59.1. The van der Waals surface area contributed by atoms with Gasteiger partial charge in [0.2, 0.25) is 5.91 Å². The third-order valence-electron chi connectivity index (χ3n) is 12.6. The fourth-order valence-electron chi connectivity index (χ4n) is 9.73. The molecule has 4 aliphatic heterocycles. The predicted molar refractivity (Wildman–Crippen MR) is 216 cm³/mol. The summed E-state index contributed by atoms with van der Waals surface area (Å²) in [6.07, 6.45) is 0.813. The van der Waals surface area contributed by atoms with E-state index in [0.29, 0.717) is 47.1 Å². The van der Waals surface area contributed by atoms with Crippen molar-refractivity contribution in [1.82, 2.24) is 4.90 Å². The lowest BCUT2D eigenvalue weighted by molar-refractivity contribution is -0.385. The highest BCUT2D eigenvalue weighted by molar-refractivity contribution is 6.91. The minimum Gasteiger partial charge on any atom is -0.497 e. The van der Waals surface area contributed by atoms with Gasteiger partial charge in [0, 0.05) is 35.8 Å². The molecule has 4 aliphatic rings. The highest BCUT2D eigenvalue weighted by Gasteiger charge is 2.67. The maximum absolute atomic E-state index is 15.3. The number of amides is 3. The largest absolute Gasteiger partial charge is 0.497 e. The minimum absolute atomic E-state index is 0.00221. The zero-order valence-electron chi connectivity index (χ0n) is 32.4. The molecule has 0 unspecified atom stereocenters. The number of anilines is 3. The topological polar surface area (TPSA) is 152 Å². The summed E-state index contributed by atoms with van der Waals surface area (Å²) in [7, 11) is -1.00. The smallest absolute Gasteiger partial charge is 0.269 e. The third-order valence-corrected chi connectivity index (χ3v) is 16.9. The Morgan fingerprint density at radius 2 is 1.75 bits per heavy atom. The van der Waals surface area contributed by atoms with Crippen LogP contribution in [0.3, 0.4) is 0 Å². The number of nitro groups is 1. The van der Waals surface area contributed by atoms with Crippen LogP contribution in [-0.4, -0.2) is 79.7 Å². The summed E-state index contributed by atoms with van der Waals surface area (Å²) in [6, 6.07) is 26.8. The van der Waals surface area contributed by atoms with Gasteiger partial charge >= 0.3 is 0 Å². The Balaban J connectivity index is 1.18. The summed E-state index contributed by atoms with van der Waals surface area (Å²) in [5, 5.41) is 23.4. The number of rotatable bonds is 10. The quantitative estimate of drug-likeness (QED) is 0.120. The third kappa shape index (κ3) is 6.35. The van der Waals surface area contributed by atoms with Crippen molar-refractivity contribution < 1.29 is 38.6 Å². The van der Waals surface area contributed by atoms with Crippen LogP contribution in [0, 0.1) is 16.0 Å². The van der Waals surface area contributed by atoms with Crippen molar-refractivity contribution in [3.63, 3.8) is 0 Å². The number of carbonyl (C=O) groups excluding carboxylic acids is 3. The Morgan fingerprint density at radius 1 is 1.02 bits per heavy atom. The number of carbonyl (C=O) groups is 3. The number of non-ortho nitro benzene ring substituents is 1. The second kappa shape index (κ2) is 14.7. The Kier molecular flexibility index (Phi) is 9.91. The Labute approximate surface area is 331 Å². The number of likely N-dealkylation sites (tertiary alicyclic amines) is 1. The van der Waals surface area contributed by atoms with Gasteiger partial charge in [-0.05, 0) is 66.4 Å². The first-order valence-electron chi connectivity index (χ1n) is 19.4. The van der Waals surface area contributed by atoms with Gasteiger partial charge in [0.25, 0.3) is 17.5 Å². The summed E-state index contributed by atoms with van der Waals surface area (Å²) in [5.74, 6) is 0.134. The molecule has 8 rings (SSSR count). The molecule has 3 amide bonds. The molecule has 0 saturated carbocycles. The lowest BCUT2D eigenvalue weighted by atomic mass is 9.82. The van der Waals surface area contributed by atoms with Crippen LogP contribution in [0.5, 0.6) is 11.5 Å². The maximum atomic E-state index is 15.3. The molecule has 0 aromatic heterocycles. The van der Waals surface area contributed by atoms with E-state index in [2.05, 4.69) is 13.1 Å². The number of nitrogens with zero attached hydrogens (tertiary/aromatic N) is 4. The molecule has 0 bridgehead atoms. The van der Waals surface area contributed by atoms with E-state index in [4.69, 9.17) is 14.2 Å². The van der Waals surface area contributed by atoms with Gasteiger partial charge in [-0.2, -0.15) is 0 Å². The van der Waals surface area contributed by atoms with Crippen molar-refractivity contribution in [1.29, 1.82) is 0 Å². The number of fused-ring (bicyclic) bond motifs is 3. The lowest BCUT2D eigenvalue weighted by Crippen LogP contribution is -2.52. The van der Waals surface area contributed by atoms with Crippen molar-refractivity contribution in [2.24, 2.45) is 5.92 Å². The molecule has 0 aliphatic carbocycles. The van der Waals surface area contributed by atoms with Crippen molar-refractivity contribution in [3.05, 3.63) is 112 Å². The molecule has 13 nitrogen and oxygen atoms in total. The van der Waals surface area contributed by atoms with Gasteiger partial charge in [-0.3, -0.25) is 29.4 Å².